The second-order valence-corrected chi connectivity index (χ2v) is 8.82. The fraction of sp³-hybridized carbons (Fsp3) is 1.00. The lowest BCUT2D eigenvalue weighted by atomic mass is 9.93. The molecular formula is C14H28N2O3S. The minimum absolute atomic E-state index is 0.0404. The molecule has 0 aromatic heterocycles. The molecule has 2 fully saturated rings. The number of hydrogen-bond donors (Lipinski definition) is 1. The molecular weight excluding hydrogens is 276 g/mol. The van der Waals surface area contributed by atoms with Crippen LogP contribution in [0, 0.1) is 5.92 Å². The third-order valence-electron chi connectivity index (χ3n) is 4.34. The van der Waals surface area contributed by atoms with Crippen molar-refractivity contribution in [3.8, 4) is 0 Å². The minimum atomic E-state index is -3.03. The van der Waals surface area contributed by atoms with Gasteiger partial charge < -0.3 is 10.1 Å². The van der Waals surface area contributed by atoms with Crippen molar-refractivity contribution in [2.75, 3.05) is 32.5 Å². The summed E-state index contributed by atoms with van der Waals surface area (Å²) >= 11 is 0. The van der Waals surface area contributed by atoms with Gasteiger partial charge in [0.15, 0.2) is 0 Å². The molecule has 0 amide bonds. The Labute approximate surface area is 123 Å². The number of ether oxygens (including phenoxy) is 1. The molecule has 118 valence electrons. The van der Waals surface area contributed by atoms with Gasteiger partial charge in [-0.05, 0) is 52.0 Å². The molecule has 0 spiro atoms. The molecule has 0 bridgehead atoms. The monoisotopic (exact) mass is 304 g/mol. The van der Waals surface area contributed by atoms with Crippen LogP contribution in [0.25, 0.3) is 0 Å². The molecule has 2 saturated heterocycles. The maximum Gasteiger partial charge on any atom is 0.211 e. The Morgan fingerprint density at radius 3 is 2.75 bits per heavy atom. The van der Waals surface area contributed by atoms with Crippen molar-refractivity contribution < 1.29 is 13.2 Å². The van der Waals surface area contributed by atoms with Crippen LogP contribution in [-0.2, 0) is 14.8 Å². The standard InChI is InChI=1S/C14H28N2O3S/c1-14(2)9-13(6-8-19-14)15-10-12-5-4-7-16(11-12)20(3,17)18/h12-13,15H,4-11H2,1-3H3. The molecule has 2 heterocycles. The highest BCUT2D eigenvalue weighted by molar-refractivity contribution is 7.88. The molecule has 20 heavy (non-hydrogen) atoms. The van der Waals surface area contributed by atoms with Gasteiger partial charge in [0, 0.05) is 25.7 Å². The number of nitrogens with zero attached hydrogens (tertiary/aromatic N) is 1. The molecule has 2 aliphatic rings. The lowest BCUT2D eigenvalue weighted by Crippen LogP contribution is -2.47. The smallest absolute Gasteiger partial charge is 0.211 e. The second-order valence-electron chi connectivity index (χ2n) is 6.84. The second kappa shape index (κ2) is 6.30. The van der Waals surface area contributed by atoms with E-state index in [1.54, 1.807) is 4.31 Å². The molecule has 2 rings (SSSR count). The van der Waals surface area contributed by atoms with Crippen molar-refractivity contribution >= 4 is 10.0 Å². The molecule has 6 heteroatoms. The summed E-state index contributed by atoms with van der Waals surface area (Å²) in [5, 5.41) is 3.62. The van der Waals surface area contributed by atoms with Crippen molar-refractivity contribution in [1.82, 2.24) is 9.62 Å². The van der Waals surface area contributed by atoms with Gasteiger partial charge in [-0.2, -0.15) is 0 Å². The van der Waals surface area contributed by atoms with Crippen molar-refractivity contribution in [3.63, 3.8) is 0 Å². The summed E-state index contributed by atoms with van der Waals surface area (Å²) in [4.78, 5) is 0. The first-order valence-corrected chi connectivity index (χ1v) is 9.43. The van der Waals surface area contributed by atoms with Gasteiger partial charge in [-0.1, -0.05) is 0 Å². The topological polar surface area (TPSA) is 58.6 Å². The third-order valence-corrected chi connectivity index (χ3v) is 5.61. The molecule has 0 aromatic carbocycles. The summed E-state index contributed by atoms with van der Waals surface area (Å²) in [5.41, 5.74) is -0.0404. The summed E-state index contributed by atoms with van der Waals surface area (Å²) in [6.07, 6.45) is 5.47. The van der Waals surface area contributed by atoms with Gasteiger partial charge in [0.25, 0.3) is 0 Å². The maximum absolute atomic E-state index is 11.6. The van der Waals surface area contributed by atoms with Crippen LogP contribution in [0.2, 0.25) is 0 Å². The lowest BCUT2D eigenvalue weighted by Gasteiger charge is -2.37. The number of sulfonamides is 1. The van der Waals surface area contributed by atoms with Gasteiger partial charge in [0.2, 0.25) is 10.0 Å². The molecule has 2 atom stereocenters. The first-order valence-electron chi connectivity index (χ1n) is 7.59. The minimum Gasteiger partial charge on any atom is -0.375 e. The number of piperidine rings is 1. The Kier molecular flexibility index (Phi) is 5.10. The van der Waals surface area contributed by atoms with E-state index in [-0.39, 0.29) is 5.60 Å². The number of hydrogen-bond acceptors (Lipinski definition) is 4. The van der Waals surface area contributed by atoms with Gasteiger partial charge in [0.05, 0.1) is 11.9 Å². The van der Waals surface area contributed by atoms with Gasteiger partial charge in [-0.15, -0.1) is 0 Å². The zero-order chi connectivity index (χ0) is 14.8. The van der Waals surface area contributed by atoms with Crippen LogP contribution in [-0.4, -0.2) is 56.9 Å². The summed E-state index contributed by atoms with van der Waals surface area (Å²) < 4.78 is 30.6. The average Bonchev–Trinajstić information content (AvgIpc) is 2.35. The van der Waals surface area contributed by atoms with Gasteiger partial charge in [-0.3, -0.25) is 0 Å². The Morgan fingerprint density at radius 2 is 2.10 bits per heavy atom. The van der Waals surface area contributed by atoms with E-state index in [0.29, 0.717) is 25.0 Å². The van der Waals surface area contributed by atoms with E-state index < -0.39 is 10.0 Å². The zero-order valence-electron chi connectivity index (χ0n) is 12.9. The molecule has 1 N–H and O–H groups in total. The Hall–Kier alpha value is -0.170. The van der Waals surface area contributed by atoms with Crippen LogP contribution in [0.1, 0.15) is 39.5 Å². The van der Waals surface area contributed by atoms with Gasteiger partial charge >= 0.3 is 0 Å². The fourth-order valence-electron chi connectivity index (χ4n) is 3.23. The van der Waals surface area contributed by atoms with Crippen LogP contribution in [0.5, 0.6) is 0 Å². The van der Waals surface area contributed by atoms with Crippen molar-refractivity contribution in [1.29, 1.82) is 0 Å². The zero-order valence-corrected chi connectivity index (χ0v) is 13.7. The summed E-state index contributed by atoms with van der Waals surface area (Å²) in [7, 11) is -3.03. The molecule has 0 aromatic rings. The molecule has 2 unspecified atom stereocenters. The van der Waals surface area contributed by atoms with Crippen molar-refractivity contribution in [2.45, 2.75) is 51.2 Å². The highest BCUT2D eigenvalue weighted by Gasteiger charge is 2.30. The highest BCUT2D eigenvalue weighted by Crippen LogP contribution is 2.24. The first kappa shape index (κ1) is 16.2. The first-order chi connectivity index (χ1) is 9.26. The summed E-state index contributed by atoms with van der Waals surface area (Å²) in [5.74, 6) is 0.435. The fourth-order valence-corrected chi connectivity index (χ4v) is 4.18. The molecule has 5 nitrogen and oxygen atoms in total. The van der Waals surface area contributed by atoms with E-state index in [1.165, 1.54) is 6.26 Å². The van der Waals surface area contributed by atoms with Crippen LogP contribution in [0.3, 0.4) is 0 Å². The van der Waals surface area contributed by atoms with Crippen molar-refractivity contribution in [3.05, 3.63) is 0 Å². The predicted molar refractivity (Wildman–Crippen MR) is 80.2 cm³/mol. The van der Waals surface area contributed by atoms with Crippen molar-refractivity contribution in [2.24, 2.45) is 5.92 Å². The van der Waals surface area contributed by atoms with Crippen LogP contribution in [0.4, 0.5) is 0 Å². The Balaban J connectivity index is 1.79. The number of rotatable bonds is 4. The average molecular weight is 304 g/mol. The molecule has 0 radical (unpaired) electrons. The quantitative estimate of drug-likeness (QED) is 0.848. The van der Waals surface area contributed by atoms with Gasteiger partial charge in [-0.25, -0.2) is 12.7 Å². The maximum atomic E-state index is 11.6. The number of nitrogens with one attached hydrogen (secondary N) is 1. The SMILES string of the molecule is CC1(C)CC(NCC2CCCN(S(C)(=O)=O)C2)CCO1. The Morgan fingerprint density at radius 1 is 1.35 bits per heavy atom. The largest absolute Gasteiger partial charge is 0.375 e. The normalized spacial score (nSPS) is 32.1. The van der Waals surface area contributed by atoms with E-state index in [4.69, 9.17) is 4.74 Å². The predicted octanol–water partition coefficient (Wildman–Crippen LogP) is 1.21. The Bertz CT molecular complexity index is 422. The third kappa shape index (κ3) is 4.69. The molecule has 0 aliphatic carbocycles. The van der Waals surface area contributed by atoms with Crippen LogP contribution in [0.15, 0.2) is 0 Å². The lowest BCUT2D eigenvalue weighted by molar-refractivity contribution is -0.0633. The van der Waals surface area contributed by atoms with Gasteiger partial charge in [0.1, 0.15) is 0 Å². The summed E-state index contributed by atoms with van der Waals surface area (Å²) in [6.45, 7) is 7.33. The molecule has 0 saturated carbocycles. The van der Waals surface area contributed by atoms with Crippen LogP contribution < -0.4 is 5.32 Å². The van der Waals surface area contributed by atoms with Crippen LogP contribution >= 0.6 is 0 Å². The summed E-state index contributed by atoms with van der Waals surface area (Å²) in [6, 6.07) is 0.493. The van der Waals surface area contributed by atoms with E-state index in [1.807, 2.05) is 0 Å². The molecule has 2 aliphatic heterocycles. The van der Waals surface area contributed by atoms with E-state index >= 15 is 0 Å². The van der Waals surface area contributed by atoms with E-state index in [0.717, 1.165) is 38.8 Å². The van der Waals surface area contributed by atoms with E-state index in [2.05, 4.69) is 19.2 Å². The highest BCUT2D eigenvalue weighted by atomic mass is 32.2. The van der Waals surface area contributed by atoms with E-state index in [9.17, 15) is 8.42 Å².